The molecule has 6 nitrogen and oxygen atoms in total. The van der Waals surface area contributed by atoms with Crippen molar-refractivity contribution in [2.75, 3.05) is 6.54 Å². The summed E-state index contributed by atoms with van der Waals surface area (Å²) in [5, 5.41) is 34.2. The molecular formula is C12H20N2O4S. The maximum absolute atomic E-state index is 10.2. The number of rotatable bonds is 3. The lowest BCUT2D eigenvalue weighted by Gasteiger charge is -2.40. The van der Waals surface area contributed by atoms with Gasteiger partial charge in [0.2, 0.25) is 0 Å². The van der Waals surface area contributed by atoms with Gasteiger partial charge in [-0.1, -0.05) is 11.8 Å². The molecule has 3 aliphatic rings. The molecule has 0 spiro atoms. The van der Waals surface area contributed by atoms with E-state index in [-0.39, 0.29) is 17.4 Å². The van der Waals surface area contributed by atoms with Gasteiger partial charge in [-0.05, 0) is 25.7 Å². The van der Waals surface area contributed by atoms with E-state index in [0.29, 0.717) is 6.54 Å². The third-order valence-corrected chi connectivity index (χ3v) is 5.01. The normalized spacial score (nSPS) is 45.9. The molecule has 0 aromatic heterocycles. The highest BCUT2D eigenvalue weighted by atomic mass is 32.2. The highest BCUT2D eigenvalue weighted by molar-refractivity contribution is 8.14. The highest BCUT2D eigenvalue weighted by Gasteiger charge is 2.52. The van der Waals surface area contributed by atoms with E-state index in [1.54, 1.807) is 0 Å². The fourth-order valence-electron chi connectivity index (χ4n) is 2.64. The van der Waals surface area contributed by atoms with Gasteiger partial charge in [0.25, 0.3) is 0 Å². The van der Waals surface area contributed by atoms with Crippen molar-refractivity contribution < 1.29 is 20.1 Å². The number of fused-ring (bicyclic) bond motifs is 1. The van der Waals surface area contributed by atoms with Crippen LogP contribution in [0.15, 0.2) is 4.99 Å². The van der Waals surface area contributed by atoms with Gasteiger partial charge in [-0.3, -0.25) is 4.99 Å². The molecule has 4 N–H and O–H groups in total. The second kappa shape index (κ2) is 5.21. The van der Waals surface area contributed by atoms with Gasteiger partial charge in [0.05, 0.1) is 12.1 Å². The number of amidine groups is 1. The Morgan fingerprint density at radius 3 is 2.79 bits per heavy atom. The number of nitrogens with one attached hydrogen (secondary N) is 1. The summed E-state index contributed by atoms with van der Waals surface area (Å²) in [4.78, 5) is 4.26. The summed E-state index contributed by atoms with van der Waals surface area (Å²) in [7, 11) is 0. The lowest BCUT2D eigenvalue weighted by molar-refractivity contribution is -0.190. The van der Waals surface area contributed by atoms with Gasteiger partial charge >= 0.3 is 0 Å². The van der Waals surface area contributed by atoms with Crippen LogP contribution in [-0.2, 0) is 4.74 Å². The van der Waals surface area contributed by atoms with Gasteiger partial charge in [-0.25, -0.2) is 0 Å². The van der Waals surface area contributed by atoms with Gasteiger partial charge in [0.15, 0.2) is 5.17 Å². The van der Waals surface area contributed by atoms with E-state index in [1.165, 1.54) is 11.8 Å². The molecule has 0 radical (unpaired) electrons. The summed E-state index contributed by atoms with van der Waals surface area (Å²) in [5.74, 6) is 0.201. The van der Waals surface area contributed by atoms with Crippen molar-refractivity contribution >= 4 is 16.9 Å². The number of ether oxygens (including phenoxy) is 1. The van der Waals surface area contributed by atoms with E-state index in [2.05, 4.69) is 10.3 Å². The van der Waals surface area contributed by atoms with E-state index < -0.39 is 24.4 Å². The lowest BCUT2D eigenvalue weighted by Crippen LogP contribution is -2.61. The van der Waals surface area contributed by atoms with E-state index in [1.807, 2.05) is 6.92 Å². The predicted octanol–water partition coefficient (Wildman–Crippen LogP) is -0.715. The van der Waals surface area contributed by atoms with Gasteiger partial charge in [-0.2, -0.15) is 0 Å². The number of thioether (sulfide) groups is 1. The van der Waals surface area contributed by atoms with Crippen LogP contribution < -0.4 is 5.32 Å². The molecule has 6 atom stereocenters. The molecule has 0 aromatic rings. The Morgan fingerprint density at radius 1 is 1.42 bits per heavy atom. The molecule has 0 amide bonds. The maximum Gasteiger partial charge on any atom is 0.159 e. The van der Waals surface area contributed by atoms with E-state index in [9.17, 15) is 15.3 Å². The van der Waals surface area contributed by atoms with Crippen molar-refractivity contribution in [3.8, 4) is 0 Å². The Morgan fingerprint density at radius 2 is 2.16 bits per heavy atom. The summed E-state index contributed by atoms with van der Waals surface area (Å²) < 4.78 is 5.79. The van der Waals surface area contributed by atoms with Crippen LogP contribution in [-0.4, -0.2) is 62.9 Å². The summed E-state index contributed by atoms with van der Waals surface area (Å²) in [6, 6.07) is -0.368. The molecule has 0 aromatic carbocycles. The van der Waals surface area contributed by atoms with Crippen LogP contribution in [0.4, 0.5) is 0 Å². The standard InChI is InChI=1S/C12H20N2O4S/c1-2-13-12-14-6-8(16)9(17)10(18-11(6)19-12)7(15)5-3-4-5/h5-11,15-17H,2-4H2,1H3,(H,13,14). The van der Waals surface area contributed by atoms with E-state index >= 15 is 0 Å². The molecule has 3 rings (SSSR count). The van der Waals surface area contributed by atoms with Gasteiger partial charge in [0.1, 0.15) is 23.7 Å². The molecule has 19 heavy (non-hydrogen) atoms. The smallest absolute Gasteiger partial charge is 0.159 e. The SMILES string of the molecule is CCN=C1NC2C(OC(C(O)C3CC3)C(O)C2O)S1. The van der Waals surface area contributed by atoms with Crippen molar-refractivity contribution in [1.82, 2.24) is 5.32 Å². The van der Waals surface area contributed by atoms with Crippen LogP contribution in [0, 0.1) is 5.92 Å². The number of hydrogen-bond donors (Lipinski definition) is 4. The number of nitrogens with zero attached hydrogens (tertiary/aromatic N) is 1. The Kier molecular flexibility index (Phi) is 3.74. The number of aliphatic imine (C=N–C) groups is 1. The van der Waals surface area contributed by atoms with Crippen LogP contribution in [0.1, 0.15) is 19.8 Å². The van der Waals surface area contributed by atoms with Crippen molar-refractivity contribution in [3.05, 3.63) is 0 Å². The Bertz CT molecular complexity index is 377. The molecule has 7 heteroatoms. The van der Waals surface area contributed by atoms with Crippen LogP contribution >= 0.6 is 11.8 Å². The topological polar surface area (TPSA) is 94.3 Å². The molecular weight excluding hydrogens is 268 g/mol. The third kappa shape index (κ3) is 2.50. The highest BCUT2D eigenvalue weighted by Crippen LogP contribution is 2.40. The Hall–Kier alpha value is -0.340. The molecule has 6 unspecified atom stereocenters. The number of aliphatic hydroxyl groups excluding tert-OH is 3. The molecule has 2 heterocycles. The average molecular weight is 288 g/mol. The van der Waals surface area contributed by atoms with Crippen molar-refractivity contribution in [2.24, 2.45) is 10.9 Å². The second-order valence-electron chi connectivity index (χ2n) is 5.35. The molecule has 0 bridgehead atoms. The first kappa shape index (κ1) is 13.6. The number of hydrogen-bond acceptors (Lipinski definition) is 6. The van der Waals surface area contributed by atoms with Crippen molar-refractivity contribution in [2.45, 2.75) is 55.7 Å². The van der Waals surface area contributed by atoms with Gasteiger partial charge in [-0.15, -0.1) is 0 Å². The summed E-state index contributed by atoms with van der Waals surface area (Å²) in [6.45, 7) is 2.59. The molecule has 1 saturated carbocycles. The van der Waals surface area contributed by atoms with E-state index in [4.69, 9.17) is 4.74 Å². The van der Waals surface area contributed by atoms with Crippen molar-refractivity contribution in [3.63, 3.8) is 0 Å². The zero-order valence-electron chi connectivity index (χ0n) is 10.8. The van der Waals surface area contributed by atoms with Gasteiger partial charge < -0.3 is 25.4 Å². The first-order chi connectivity index (χ1) is 9.11. The number of aliphatic hydroxyl groups is 3. The summed E-state index contributed by atoms with van der Waals surface area (Å²) in [5.41, 5.74) is -0.304. The maximum atomic E-state index is 10.2. The minimum atomic E-state index is -1.06. The van der Waals surface area contributed by atoms with Crippen LogP contribution in [0.2, 0.25) is 0 Å². The Balaban J connectivity index is 1.73. The minimum Gasteiger partial charge on any atom is -0.390 e. The lowest BCUT2D eigenvalue weighted by atomic mass is 9.93. The first-order valence-corrected chi connectivity index (χ1v) is 7.67. The molecule has 2 saturated heterocycles. The van der Waals surface area contributed by atoms with Crippen molar-refractivity contribution in [1.29, 1.82) is 0 Å². The third-order valence-electron chi connectivity index (χ3n) is 3.90. The molecule has 1 aliphatic carbocycles. The largest absolute Gasteiger partial charge is 0.390 e. The zero-order valence-corrected chi connectivity index (χ0v) is 11.6. The summed E-state index contributed by atoms with van der Waals surface area (Å²) in [6.07, 6.45) is -1.49. The van der Waals surface area contributed by atoms with E-state index in [0.717, 1.165) is 18.0 Å². The van der Waals surface area contributed by atoms with Crippen LogP contribution in [0.3, 0.4) is 0 Å². The fraction of sp³-hybridized carbons (Fsp3) is 0.917. The van der Waals surface area contributed by atoms with Crippen LogP contribution in [0.25, 0.3) is 0 Å². The molecule has 2 aliphatic heterocycles. The minimum absolute atomic E-state index is 0.201. The predicted molar refractivity (Wildman–Crippen MR) is 71.9 cm³/mol. The summed E-state index contributed by atoms with van der Waals surface area (Å²) >= 11 is 1.41. The Labute approximate surface area is 116 Å². The average Bonchev–Trinajstić information content (AvgIpc) is 3.15. The monoisotopic (exact) mass is 288 g/mol. The van der Waals surface area contributed by atoms with Crippen LogP contribution in [0.5, 0.6) is 0 Å². The molecule has 3 fully saturated rings. The fourth-order valence-corrected chi connectivity index (χ4v) is 3.83. The molecule has 108 valence electrons. The van der Waals surface area contributed by atoms with Gasteiger partial charge in [0, 0.05) is 6.54 Å². The second-order valence-corrected chi connectivity index (χ2v) is 6.43. The first-order valence-electron chi connectivity index (χ1n) is 6.79. The quantitative estimate of drug-likeness (QED) is 0.548. The zero-order chi connectivity index (χ0) is 13.6.